The summed E-state index contributed by atoms with van der Waals surface area (Å²) in [6.45, 7) is 4.05. The SMILES string of the molecule is Cc1nc(N(C)C(C)c2ccc(S(C)(=O)=O)cc2)c2c3c(sc2n1)CCC3. The van der Waals surface area contributed by atoms with Crippen LogP contribution in [0.1, 0.15) is 41.2 Å². The molecule has 27 heavy (non-hydrogen) atoms. The van der Waals surface area contributed by atoms with E-state index in [1.54, 1.807) is 23.5 Å². The van der Waals surface area contributed by atoms with E-state index in [2.05, 4.69) is 23.9 Å². The lowest BCUT2D eigenvalue weighted by Gasteiger charge is -2.27. The molecular formula is C20H23N3O2S2. The molecule has 4 rings (SSSR count). The van der Waals surface area contributed by atoms with Crippen LogP contribution in [0.15, 0.2) is 29.2 Å². The summed E-state index contributed by atoms with van der Waals surface area (Å²) >= 11 is 1.80. The lowest BCUT2D eigenvalue weighted by molar-refractivity contribution is 0.601. The minimum absolute atomic E-state index is 0.0630. The van der Waals surface area contributed by atoms with Gasteiger partial charge in [0.05, 0.1) is 16.3 Å². The van der Waals surface area contributed by atoms with Crippen LogP contribution in [0.2, 0.25) is 0 Å². The Kier molecular flexibility index (Phi) is 4.47. The quantitative estimate of drug-likeness (QED) is 0.659. The largest absolute Gasteiger partial charge is 0.352 e. The van der Waals surface area contributed by atoms with E-state index in [1.165, 1.54) is 28.5 Å². The second kappa shape index (κ2) is 6.56. The van der Waals surface area contributed by atoms with E-state index in [0.717, 1.165) is 34.9 Å². The fraction of sp³-hybridized carbons (Fsp3) is 0.400. The highest BCUT2D eigenvalue weighted by molar-refractivity contribution is 7.90. The maximum atomic E-state index is 11.7. The Labute approximate surface area is 164 Å². The first-order valence-corrected chi connectivity index (χ1v) is 11.8. The zero-order valence-corrected chi connectivity index (χ0v) is 17.6. The number of hydrogen-bond acceptors (Lipinski definition) is 6. The predicted molar refractivity (Wildman–Crippen MR) is 111 cm³/mol. The molecule has 0 aliphatic heterocycles. The fourth-order valence-electron chi connectivity index (χ4n) is 3.74. The second-order valence-corrected chi connectivity index (χ2v) is 10.4. The van der Waals surface area contributed by atoms with Gasteiger partial charge in [0.15, 0.2) is 9.84 Å². The number of rotatable bonds is 4. The van der Waals surface area contributed by atoms with Crippen LogP contribution in [-0.2, 0) is 22.7 Å². The molecule has 0 spiro atoms. The highest BCUT2D eigenvalue weighted by atomic mass is 32.2. The molecule has 5 nitrogen and oxygen atoms in total. The summed E-state index contributed by atoms with van der Waals surface area (Å²) < 4.78 is 23.4. The second-order valence-electron chi connectivity index (χ2n) is 7.26. The molecule has 0 saturated heterocycles. The lowest BCUT2D eigenvalue weighted by Crippen LogP contribution is -2.23. The third-order valence-corrected chi connectivity index (χ3v) is 7.68. The van der Waals surface area contributed by atoms with E-state index in [0.29, 0.717) is 4.90 Å². The van der Waals surface area contributed by atoms with Crippen molar-refractivity contribution in [3.05, 3.63) is 46.1 Å². The summed E-state index contributed by atoms with van der Waals surface area (Å²) in [7, 11) is -1.13. The number of fused-ring (bicyclic) bond motifs is 3. The van der Waals surface area contributed by atoms with Crippen molar-refractivity contribution in [2.24, 2.45) is 0 Å². The van der Waals surface area contributed by atoms with Gasteiger partial charge in [0.2, 0.25) is 0 Å². The van der Waals surface area contributed by atoms with Crippen molar-refractivity contribution in [3.8, 4) is 0 Å². The van der Waals surface area contributed by atoms with Crippen LogP contribution < -0.4 is 4.90 Å². The maximum absolute atomic E-state index is 11.7. The number of anilines is 1. The minimum Gasteiger partial charge on any atom is -0.352 e. The number of aryl methyl sites for hydroxylation is 3. The molecule has 0 N–H and O–H groups in total. The fourth-order valence-corrected chi connectivity index (χ4v) is 5.67. The lowest BCUT2D eigenvalue weighted by atomic mass is 10.1. The van der Waals surface area contributed by atoms with Crippen molar-refractivity contribution >= 4 is 37.2 Å². The summed E-state index contributed by atoms with van der Waals surface area (Å²) in [6.07, 6.45) is 4.67. The molecule has 0 amide bonds. The summed E-state index contributed by atoms with van der Waals surface area (Å²) in [5.74, 6) is 1.75. The molecule has 3 aromatic rings. The summed E-state index contributed by atoms with van der Waals surface area (Å²) in [4.78, 5) is 14.5. The summed E-state index contributed by atoms with van der Waals surface area (Å²) in [5.41, 5.74) is 2.47. The van der Waals surface area contributed by atoms with Crippen LogP contribution in [0.5, 0.6) is 0 Å². The average Bonchev–Trinajstić information content (AvgIpc) is 3.19. The van der Waals surface area contributed by atoms with Crippen LogP contribution in [0.4, 0.5) is 5.82 Å². The minimum atomic E-state index is -3.18. The van der Waals surface area contributed by atoms with Gasteiger partial charge >= 0.3 is 0 Å². The van der Waals surface area contributed by atoms with Gasteiger partial charge in [0.25, 0.3) is 0 Å². The number of benzene rings is 1. The van der Waals surface area contributed by atoms with E-state index >= 15 is 0 Å². The molecule has 0 radical (unpaired) electrons. The zero-order valence-electron chi connectivity index (χ0n) is 16.0. The number of hydrogen-bond donors (Lipinski definition) is 0. The van der Waals surface area contributed by atoms with Gasteiger partial charge in [-0.05, 0) is 56.4 Å². The highest BCUT2D eigenvalue weighted by Crippen LogP contribution is 2.41. The third-order valence-electron chi connectivity index (χ3n) is 5.36. The molecule has 2 aromatic heterocycles. The van der Waals surface area contributed by atoms with Gasteiger partial charge in [0, 0.05) is 18.2 Å². The number of sulfone groups is 1. The Hall–Kier alpha value is -1.99. The van der Waals surface area contributed by atoms with Crippen molar-refractivity contribution in [1.82, 2.24) is 9.97 Å². The van der Waals surface area contributed by atoms with Gasteiger partial charge in [-0.3, -0.25) is 0 Å². The monoisotopic (exact) mass is 401 g/mol. The van der Waals surface area contributed by atoms with E-state index in [1.807, 2.05) is 19.1 Å². The molecule has 1 aromatic carbocycles. The Morgan fingerprint density at radius 1 is 1.15 bits per heavy atom. The molecule has 0 fully saturated rings. The molecular weight excluding hydrogens is 378 g/mol. The van der Waals surface area contributed by atoms with Crippen molar-refractivity contribution in [3.63, 3.8) is 0 Å². The van der Waals surface area contributed by atoms with Gasteiger partial charge in [0.1, 0.15) is 16.5 Å². The molecule has 1 aliphatic carbocycles. The smallest absolute Gasteiger partial charge is 0.175 e. The standard InChI is InChI=1S/C20H23N3O2S2/c1-12(14-8-10-15(11-9-14)27(4,24)25)23(3)19-18-16-6-5-7-17(16)26-20(18)22-13(2)21-19/h8-12H,5-7H2,1-4H3. The van der Waals surface area contributed by atoms with Crippen LogP contribution in [0, 0.1) is 6.92 Å². The van der Waals surface area contributed by atoms with Crippen LogP contribution in [0.3, 0.4) is 0 Å². The molecule has 2 heterocycles. The molecule has 1 aliphatic rings. The van der Waals surface area contributed by atoms with Crippen LogP contribution in [-0.4, -0.2) is 31.7 Å². The topological polar surface area (TPSA) is 63.2 Å². The van der Waals surface area contributed by atoms with Gasteiger partial charge in [-0.1, -0.05) is 12.1 Å². The van der Waals surface area contributed by atoms with Crippen LogP contribution >= 0.6 is 11.3 Å². The zero-order chi connectivity index (χ0) is 19.3. The molecule has 7 heteroatoms. The number of thiophene rings is 1. The molecule has 1 atom stereocenters. The highest BCUT2D eigenvalue weighted by Gasteiger charge is 2.25. The Morgan fingerprint density at radius 2 is 1.85 bits per heavy atom. The number of nitrogens with zero attached hydrogens (tertiary/aromatic N) is 3. The van der Waals surface area contributed by atoms with E-state index in [4.69, 9.17) is 4.98 Å². The molecule has 0 bridgehead atoms. The number of aromatic nitrogens is 2. The maximum Gasteiger partial charge on any atom is 0.175 e. The van der Waals surface area contributed by atoms with Gasteiger partial charge < -0.3 is 4.90 Å². The van der Waals surface area contributed by atoms with E-state index in [-0.39, 0.29) is 6.04 Å². The van der Waals surface area contributed by atoms with Gasteiger partial charge in [-0.2, -0.15) is 0 Å². The molecule has 1 unspecified atom stereocenters. The van der Waals surface area contributed by atoms with Crippen molar-refractivity contribution < 1.29 is 8.42 Å². The Morgan fingerprint density at radius 3 is 2.52 bits per heavy atom. The van der Waals surface area contributed by atoms with Crippen molar-refractivity contribution in [1.29, 1.82) is 0 Å². The average molecular weight is 402 g/mol. The Balaban J connectivity index is 1.75. The summed E-state index contributed by atoms with van der Waals surface area (Å²) in [5, 5.41) is 1.19. The normalized spacial score (nSPS) is 15.1. The first kappa shape index (κ1) is 18.4. The molecule has 0 saturated carbocycles. The van der Waals surface area contributed by atoms with Crippen molar-refractivity contribution in [2.45, 2.75) is 44.0 Å². The first-order chi connectivity index (χ1) is 12.8. The predicted octanol–water partition coefficient (Wildman–Crippen LogP) is 4.09. The van der Waals surface area contributed by atoms with E-state index in [9.17, 15) is 8.42 Å². The van der Waals surface area contributed by atoms with Crippen molar-refractivity contribution in [2.75, 3.05) is 18.2 Å². The summed E-state index contributed by atoms with van der Waals surface area (Å²) in [6, 6.07) is 7.20. The molecule has 142 valence electrons. The van der Waals surface area contributed by atoms with Gasteiger partial charge in [-0.15, -0.1) is 11.3 Å². The van der Waals surface area contributed by atoms with E-state index < -0.39 is 9.84 Å². The first-order valence-electron chi connectivity index (χ1n) is 9.07. The third kappa shape index (κ3) is 3.23. The Bertz CT molecular complexity index is 1120. The van der Waals surface area contributed by atoms with Crippen LogP contribution in [0.25, 0.3) is 10.2 Å². The van der Waals surface area contributed by atoms with Gasteiger partial charge in [-0.25, -0.2) is 18.4 Å².